The lowest BCUT2D eigenvalue weighted by Gasteiger charge is -2.39. The smallest absolute Gasteiger partial charge is 0.267 e. The van der Waals surface area contributed by atoms with Crippen molar-refractivity contribution in [2.45, 2.75) is 18.4 Å². The van der Waals surface area contributed by atoms with Crippen LogP contribution in [0.1, 0.15) is 23.3 Å². The minimum atomic E-state index is -1.03. The molecule has 7 heteroatoms. The normalized spacial score (nSPS) is 20.9. The molecule has 0 saturated carbocycles. The number of carbonyl (C=O) groups is 1. The van der Waals surface area contributed by atoms with E-state index in [1.165, 1.54) is 12.3 Å². The van der Waals surface area contributed by atoms with Crippen molar-refractivity contribution in [3.05, 3.63) is 48.2 Å². The first-order valence-corrected chi connectivity index (χ1v) is 7.95. The molecule has 1 aliphatic rings. The molecular weight excluding hydrogens is 311 g/mol. The highest BCUT2D eigenvalue weighted by molar-refractivity contribution is 5.92. The van der Waals surface area contributed by atoms with Crippen molar-refractivity contribution in [1.29, 1.82) is 0 Å². The van der Waals surface area contributed by atoms with Crippen molar-refractivity contribution >= 4 is 11.7 Å². The van der Waals surface area contributed by atoms with E-state index >= 15 is 0 Å². The Morgan fingerprint density at radius 1 is 1.46 bits per heavy atom. The number of nitrogens with one attached hydrogen (secondary N) is 1. The highest BCUT2D eigenvalue weighted by atomic mass is 19.1. The van der Waals surface area contributed by atoms with Crippen LogP contribution in [0, 0.1) is 5.82 Å². The number of amides is 1. The Morgan fingerprint density at radius 2 is 2.29 bits per heavy atom. The summed E-state index contributed by atoms with van der Waals surface area (Å²) in [6.07, 6.45) is 4.33. The molecule has 1 saturated heterocycles. The first kappa shape index (κ1) is 16.4. The second-order valence-electron chi connectivity index (χ2n) is 6.27. The topological polar surface area (TPSA) is 70.4 Å². The van der Waals surface area contributed by atoms with Gasteiger partial charge < -0.3 is 19.9 Å². The number of hydrogen-bond donors (Lipinski definition) is 2. The standard InChI is InChI=1S/C17H21FN4O2/c1-21-8-2-4-14(21)16(23)20-11-17(24)7-3-9-22(12-17)15-6-5-13(18)10-19-15/h2,4-6,8,10,24H,3,7,9,11-12H2,1H3,(H,20,23). The van der Waals surface area contributed by atoms with Crippen molar-refractivity contribution in [1.82, 2.24) is 14.9 Å². The SMILES string of the molecule is Cn1cccc1C(=O)NCC1(O)CCCN(c2ccc(F)cn2)C1. The molecule has 2 aromatic rings. The Morgan fingerprint density at radius 3 is 2.96 bits per heavy atom. The summed E-state index contributed by atoms with van der Waals surface area (Å²) in [5.41, 5.74) is -0.485. The lowest BCUT2D eigenvalue weighted by Crippen LogP contribution is -2.54. The van der Waals surface area contributed by atoms with Crippen LogP contribution in [0.2, 0.25) is 0 Å². The monoisotopic (exact) mass is 332 g/mol. The second-order valence-corrected chi connectivity index (χ2v) is 6.27. The van der Waals surface area contributed by atoms with Crippen LogP contribution in [-0.2, 0) is 7.05 Å². The highest BCUT2D eigenvalue weighted by Crippen LogP contribution is 2.24. The summed E-state index contributed by atoms with van der Waals surface area (Å²) < 4.78 is 14.7. The maximum absolute atomic E-state index is 13.0. The predicted molar refractivity (Wildman–Crippen MR) is 88.3 cm³/mol. The lowest BCUT2D eigenvalue weighted by atomic mass is 9.92. The molecule has 3 rings (SSSR count). The molecule has 24 heavy (non-hydrogen) atoms. The van der Waals surface area contributed by atoms with E-state index in [-0.39, 0.29) is 18.3 Å². The maximum Gasteiger partial charge on any atom is 0.267 e. The number of carbonyl (C=O) groups excluding carboxylic acids is 1. The van der Waals surface area contributed by atoms with Crippen LogP contribution in [0.15, 0.2) is 36.7 Å². The highest BCUT2D eigenvalue weighted by Gasteiger charge is 2.34. The second kappa shape index (κ2) is 6.60. The van der Waals surface area contributed by atoms with Gasteiger partial charge in [0.2, 0.25) is 0 Å². The molecule has 1 unspecified atom stereocenters. The molecule has 0 bridgehead atoms. The van der Waals surface area contributed by atoms with E-state index in [1.54, 1.807) is 36.0 Å². The molecule has 1 fully saturated rings. The molecule has 0 spiro atoms. The molecule has 0 aliphatic carbocycles. The van der Waals surface area contributed by atoms with Crippen LogP contribution in [0.5, 0.6) is 0 Å². The predicted octanol–water partition coefficient (Wildman–Crippen LogP) is 1.32. The molecule has 1 aliphatic heterocycles. The van der Waals surface area contributed by atoms with Gasteiger partial charge in [-0.15, -0.1) is 0 Å². The quantitative estimate of drug-likeness (QED) is 0.886. The number of rotatable bonds is 4. The fourth-order valence-corrected chi connectivity index (χ4v) is 3.04. The minimum absolute atomic E-state index is 0.161. The number of anilines is 1. The fourth-order valence-electron chi connectivity index (χ4n) is 3.04. The van der Waals surface area contributed by atoms with Gasteiger partial charge in [-0.3, -0.25) is 4.79 Å². The molecular formula is C17H21FN4O2. The number of hydrogen-bond acceptors (Lipinski definition) is 4. The summed E-state index contributed by atoms with van der Waals surface area (Å²) in [6.45, 7) is 1.25. The summed E-state index contributed by atoms with van der Waals surface area (Å²) in [6, 6.07) is 6.48. The number of aromatic nitrogens is 2. The van der Waals surface area contributed by atoms with Gasteiger partial charge in [-0.25, -0.2) is 9.37 Å². The Bertz CT molecular complexity index is 716. The third kappa shape index (κ3) is 3.56. The third-order valence-corrected chi connectivity index (χ3v) is 4.35. The van der Waals surface area contributed by atoms with E-state index in [2.05, 4.69) is 10.3 Å². The maximum atomic E-state index is 13.0. The zero-order chi connectivity index (χ0) is 17.2. The van der Waals surface area contributed by atoms with Crippen molar-refractivity contribution in [3.63, 3.8) is 0 Å². The number of pyridine rings is 1. The van der Waals surface area contributed by atoms with Gasteiger partial charge in [0.15, 0.2) is 0 Å². The molecule has 6 nitrogen and oxygen atoms in total. The summed E-state index contributed by atoms with van der Waals surface area (Å²) in [5, 5.41) is 13.6. The van der Waals surface area contributed by atoms with Crippen LogP contribution in [0.25, 0.3) is 0 Å². The van der Waals surface area contributed by atoms with E-state index in [1.807, 2.05) is 4.90 Å². The van der Waals surface area contributed by atoms with Crippen molar-refractivity contribution < 1.29 is 14.3 Å². The number of piperidine rings is 1. The lowest BCUT2D eigenvalue weighted by molar-refractivity contribution is 0.0253. The van der Waals surface area contributed by atoms with E-state index in [9.17, 15) is 14.3 Å². The van der Waals surface area contributed by atoms with E-state index in [4.69, 9.17) is 0 Å². The third-order valence-electron chi connectivity index (χ3n) is 4.35. The van der Waals surface area contributed by atoms with Gasteiger partial charge in [-0.05, 0) is 37.1 Å². The average molecular weight is 332 g/mol. The Labute approximate surface area is 139 Å². The molecule has 1 amide bonds. The first-order chi connectivity index (χ1) is 11.5. The van der Waals surface area contributed by atoms with E-state index < -0.39 is 5.60 Å². The van der Waals surface area contributed by atoms with Crippen LogP contribution in [-0.4, -0.2) is 45.8 Å². The molecule has 2 N–H and O–H groups in total. The Kier molecular flexibility index (Phi) is 4.53. The van der Waals surface area contributed by atoms with Gasteiger partial charge in [0.1, 0.15) is 17.3 Å². The molecule has 0 aromatic carbocycles. The van der Waals surface area contributed by atoms with Gasteiger partial charge in [-0.2, -0.15) is 0 Å². The summed E-state index contributed by atoms with van der Waals surface area (Å²) >= 11 is 0. The van der Waals surface area contributed by atoms with Crippen molar-refractivity contribution in [2.24, 2.45) is 7.05 Å². The first-order valence-electron chi connectivity index (χ1n) is 7.95. The molecule has 1 atom stereocenters. The van der Waals surface area contributed by atoms with Gasteiger partial charge in [-0.1, -0.05) is 0 Å². The average Bonchev–Trinajstić information content (AvgIpc) is 3.00. The minimum Gasteiger partial charge on any atom is -0.386 e. The Hall–Kier alpha value is -2.41. The molecule has 2 aromatic heterocycles. The summed E-state index contributed by atoms with van der Waals surface area (Å²) in [5.74, 6) is 0.0251. The fraction of sp³-hybridized carbons (Fsp3) is 0.412. The molecule has 128 valence electrons. The van der Waals surface area contributed by atoms with Gasteiger partial charge in [0.25, 0.3) is 5.91 Å². The molecule has 3 heterocycles. The van der Waals surface area contributed by atoms with Crippen LogP contribution >= 0.6 is 0 Å². The number of aliphatic hydroxyl groups is 1. The van der Waals surface area contributed by atoms with E-state index in [0.29, 0.717) is 24.5 Å². The number of β-amino-alcohol motifs (C(OH)–C–C–N with tert-alkyl or cyclic N) is 1. The van der Waals surface area contributed by atoms with Gasteiger partial charge in [0, 0.05) is 32.9 Å². The van der Waals surface area contributed by atoms with Gasteiger partial charge >= 0.3 is 0 Å². The number of halogens is 1. The van der Waals surface area contributed by atoms with Crippen molar-refractivity contribution in [3.8, 4) is 0 Å². The van der Waals surface area contributed by atoms with E-state index in [0.717, 1.165) is 13.0 Å². The van der Waals surface area contributed by atoms with Crippen LogP contribution < -0.4 is 10.2 Å². The number of aryl methyl sites for hydroxylation is 1. The molecule has 0 radical (unpaired) electrons. The van der Waals surface area contributed by atoms with Crippen LogP contribution in [0.4, 0.5) is 10.2 Å². The van der Waals surface area contributed by atoms with Crippen LogP contribution in [0.3, 0.4) is 0 Å². The van der Waals surface area contributed by atoms with Crippen molar-refractivity contribution in [2.75, 3.05) is 24.5 Å². The zero-order valence-corrected chi connectivity index (χ0v) is 13.6. The zero-order valence-electron chi connectivity index (χ0n) is 13.6. The summed E-state index contributed by atoms with van der Waals surface area (Å²) in [4.78, 5) is 18.2. The van der Waals surface area contributed by atoms with Gasteiger partial charge in [0.05, 0.1) is 11.8 Å². The Balaban J connectivity index is 1.63. The largest absolute Gasteiger partial charge is 0.386 e. The summed E-state index contributed by atoms with van der Waals surface area (Å²) in [7, 11) is 1.80. The number of nitrogens with zero attached hydrogens (tertiary/aromatic N) is 3.